The SMILES string of the molecule is CCOc1ccc(NC(=O)C2(CN)COC2)cc1. The number of nitrogens with two attached hydrogens (primary N) is 1. The van der Waals surface area contributed by atoms with Crippen LogP contribution in [0.1, 0.15) is 6.92 Å². The van der Waals surface area contributed by atoms with Gasteiger partial charge in [-0.25, -0.2) is 0 Å². The van der Waals surface area contributed by atoms with Crippen molar-refractivity contribution < 1.29 is 14.3 Å². The first-order chi connectivity index (χ1) is 8.70. The Labute approximate surface area is 106 Å². The van der Waals surface area contributed by atoms with Crippen molar-refractivity contribution in [3.05, 3.63) is 24.3 Å². The monoisotopic (exact) mass is 250 g/mol. The highest BCUT2D eigenvalue weighted by Gasteiger charge is 2.44. The summed E-state index contributed by atoms with van der Waals surface area (Å²) in [6.45, 7) is 3.64. The first-order valence-corrected chi connectivity index (χ1v) is 6.02. The minimum atomic E-state index is -0.557. The summed E-state index contributed by atoms with van der Waals surface area (Å²) in [4.78, 5) is 12.1. The number of rotatable bonds is 5. The molecule has 2 rings (SSSR count). The van der Waals surface area contributed by atoms with Gasteiger partial charge in [-0.1, -0.05) is 0 Å². The second kappa shape index (κ2) is 5.37. The van der Waals surface area contributed by atoms with E-state index in [1.165, 1.54) is 0 Å². The Hall–Kier alpha value is -1.59. The quantitative estimate of drug-likeness (QED) is 0.817. The van der Waals surface area contributed by atoms with E-state index >= 15 is 0 Å². The van der Waals surface area contributed by atoms with Gasteiger partial charge in [-0.2, -0.15) is 0 Å². The topological polar surface area (TPSA) is 73.6 Å². The minimum Gasteiger partial charge on any atom is -0.494 e. The van der Waals surface area contributed by atoms with Gasteiger partial charge in [0.05, 0.1) is 19.8 Å². The lowest BCUT2D eigenvalue weighted by Gasteiger charge is -2.38. The highest BCUT2D eigenvalue weighted by atomic mass is 16.5. The molecule has 0 unspecified atom stereocenters. The summed E-state index contributed by atoms with van der Waals surface area (Å²) < 4.78 is 10.4. The van der Waals surface area contributed by atoms with Crippen molar-refractivity contribution in [1.82, 2.24) is 0 Å². The molecular weight excluding hydrogens is 232 g/mol. The number of nitrogens with one attached hydrogen (secondary N) is 1. The molecule has 1 aliphatic rings. The van der Waals surface area contributed by atoms with Crippen molar-refractivity contribution in [1.29, 1.82) is 0 Å². The molecule has 18 heavy (non-hydrogen) atoms. The second-order valence-corrected chi connectivity index (χ2v) is 4.39. The Kier molecular flexibility index (Phi) is 3.84. The Morgan fingerprint density at radius 3 is 2.56 bits per heavy atom. The summed E-state index contributed by atoms with van der Waals surface area (Å²) in [5.41, 5.74) is 5.81. The van der Waals surface area contributed by atoms with Crippen LogP contribution in [0.4, 0.5) is 5.69 Å². The van der Waals surface area contributed by atoms with Crippen molar-refractivity contribution in [3.8, 4) is 5.75 Å². The molecule has 5 nitrogen and oxygen atoms in total. The van der Waals surface area contributed by atoms with Gasteiger partial charge in [0.25, 0.3) is 0 Å². The average molecular weight is 250 g/mol. The fourth-order valence-corrected chi connectivity index (χ4v) is 1.75. The summed E-state index contributed by atoms with van der Waals surface area (Å²) in [5, 5.41) is 2.85. The van der Waals surface area contributed by atoms with E-state index in [1.54, 1.807) is 0 Å². The Morgan fingerprint density at radius 2 is 2.11 bits per heavy atom. The molecular formula is C13H18N2O3. The molecule has 0 aromatic heterocycles. The van der Waals surface area contributed by atoms with E-state index in [9.17, 15) is 4.79 Å². The van der Waals surface area contributed by atoms with Crippen molar-refractivity contribution in [2.75, 3.05) is 31.7 Å². The molecule has 1 fully saturated rings. The maximum atomic E-state index is 12.1. The van der Waals surface area contributed by atoms with Gasteiger partial charge in [0.2, 0.25) is 5.91 Å². The first-order valence-electron chi connectivity index (χ1n) is 6.02. The molecule has 0 atom stereocenters. The fraction of sp³-hybridized carbons (Fsp3) is 0.462. The fourth-order valence-electron chi connectivity index (χ4n) is 1.75. The van der Waals surface area contributed by atoms with Crippen LogP contribution in [-0.2, 0) is 9.53 Å². The smallest absolute Gasteiger partial charge is 0.236 e. The first kappa shape index (κ1) is 12.9. The van der Waals surface area contributed by atoms with Crippen LogP contribution in [0.15, 0.2) is 24.3 Å². The molecule has 98 valence electrons. The van der Waals surface area contributed by atoms with Crippen LogP contribution >= 0.6 is 0 Å². The van der Waals surface area contributed by atoms with Crippen molar-refractivity contribution in [2.45, 2.75) is 6.92 Å². The van der Waals surface area contributed by atoms with Crippen LogP contribution in [0.25, 0.3) is 0 Å². The lowest BCUT2D eigenvalue weighted by atomic mass is 9.85. The average Bonchev–Trinajstić information content (AvgIpc) is 2.31. The zero-order valence-electron chi connectivity index (χ0n) is 10.4. The third-order valence-corrected chi connectivity index (χ3v) is 3.05. The molecule has 3 N–H and O–H groups in total. The molecule has 1 aromatic rings. The van der Waals surface area contributed by atoms with Crippen LogP contribution in [-0.4, -0.2) is 32.3 Å². The largest absolute Gasteiger partial charge is 0.494 e. The predicted octanol–water partition coefficient (Wildman–Crippen LogP) is 0.999. The molecule has 1 aromatic carbocycles. The number of hydrogen-bond acceptors (Lipinski definition) is 4. The van der Waals surface area contributed by atoms with Gasteiger partial charge in [0.15, 0.2) is 0 Å². The second-order valence-electron chi connectivity index (χ2n) is 4.39. The Bertz CT molecular complexity index is 407. The summed E-state index contributed by atoms with van der Waals surface area (Å²) in [5.74, 6) is 0.705. The van der Waals surface area contributed by atoms with E-state index in [1.807, 2.05) is 31.2 Å². The molecule has 1 heterocycles. The number of amides is 1. The van der Waals surface area contributed by atoms with E-state index < -0.39 is 5.41 Å². The highest BCUT2D eigenvalue weighted by molar-refractivity contribution is 5.96. The zero-order chi connectivity index (χ0) is 13.0. The van der Waals surface area contributed by atoms with E-state index in [-0.39, 0.29) is 5.91 Å². The number of ether oxygens (including phenoxy) is 2. The molecule has 0 bridgehead atoms. The Morgan fingerprint density at radius 1 is 1.44 bits per heavy atom. The lowest BCUT2D eigenvalue weighted by molar-refractivity contribution is -0.153. The Balaban J connectivity index is 1.98. The third kappa shape index (κ3) is 2.47. The van der Waals surface area contributed by atoms with Crippen LogP contribution in [0.5, 0.6) is 5.75 Å². The van der Waals surface area contributed by atoms with Gasteiger partial charge in [0.1, 0.15) is 11.2 Å². The summed E-state index contributed by atoms with van der Waals surface area (Å²) in [7, 11) is 0. The van der Waals surface area contributed by atoms with Crippen LogP contribution < -0.4 is 15.8 Å². The van der Waals surface area contributed by atoms with E-state index in [4.69, 9.17) is 15.2 Å². The molecule has 0 spiro atoms. The van der Waals surface area contributed by atoms with Gasteiger partial charge in [-0.15, -0.1) is 0 Å². The number of hydrogen-bond donors (Lipinski definition) is 2. The van der Waals surface area contributed by atoms with E-state index in [2.05, 4.69) is 5.32 Å². The van der Waals surface area contributed by atoms with Crippen molar-refractivity contribution in [2.24, 2.45) is 11.1 Å². The summed E-state index contributed by atoms with van der Waals surface area (Å²) in [6, 6.07) is 7.27. The number of anilines is 1. The lowest BCUT2D eigenvalue weighted by Crippen LogP contribution is -2.56. The molecule has 0 radical (unpaired) electrons. The minimum absolute atomic E-state index is 0.0830. The highest BCUT2D eigenvalue weighted by Crippen LogP contribution is 2.28. The van der Waals surface area contributed by atoms with Crippen LogP contribution in [0.3, 0.4) is 0 Å². The van der Waals surface area contributed by atoms with Gasteiger partial charge in [0, 0.05) is 12.2 Å². The number of carbonyl (C=O) groups is 1. The molecule has 1 saturated heterocycles. The summed E-state index contributed by atoms with van der Waals surface area (Å²) >= 11 is 0. The standard InChI is InChI=1S/C13H18N2O3/c1-2-18-11-5-3-10(4-6-11)15-12(16)13(7-14)8-17-9-13/h3-6H,2,7-9,14H2,1H3,(H,15,16). The van der Waals surface area contributed by atoms with Crippen LogP contribution in [0, 0.1) is 5.41 Å². The molecule has 1 aliphatic heterocycles. The van der Waals surface area contributed by atoms with E-state index in [0.717, 1.165) is 11.4 Å². The van der Waals surface area contributed by atoms with Crippen molar-refractivity contribution >= 4 is 11.6 Å². The molecule has 5 heteroatoms. The summed E-state index contributed by atoms with van der Waals surface area (Å²) in [6.07, 6.45) is 0. The third-order valence-electron chi connectivity index (χ3n) is 3.05. The number of benzene rings is 1. The van der Waals surface area contributed by atoms with Gasteiger partial charge < -0.3 is 20.5 Å². The maximum absolute atomic E-state index is 12.1. The predicted molar refractivity (Wildman–Crippen MR) is 68.5 cm³/mol. The zero-order valence-corrected chi connectivity index (χ0v) is 10.4. The van der Waals surface area contributed by atoms with Gasteiger partial charge in [-0.05, 0) is 31.2 Å². The molecule has 1 amide bonds. The van der Waals surface area contributed by atoms with Gasteiger partial charge >= 0.3 is 0 Å². The van der Waals surface area contributed by atoms with Crippen LogP contribution in [0.2, 0.25) is 0 Å². The molecule has 0 aliphatic carbocycles. The van der Waals surface area contributed by atoms with Gasteiger partial charge in [-0.3, -0.25) is 4.79 Å². The maximum Gasteiger partial charge on any atom is 0.236 e. The molecule has 0 saturated carbocycles. The number of carbonyl (C=O) groups excluding carboxylic acids is 1. The van der Waals surface area contributed by atoms with E-state index in [0.29, 0.717) is 26.4 Å². The van der Waals surface area contributed by atoms with Crippen molar-refractivity contribution in [3.63, 3.8) is 0 Å². The normalized spacial score (nSPS) is 16.8.